The Morgan fingerprint density at radius 2 is 2.41 bits per heavy atom. The SMILES string of the molecule is O=C(NC[C@@H]1CCNC1)c1cc(C2CC2)on1. The lowest BCUT2D eigenvalue weighted by atomic mass is 10.1. The largest absolute Gasteiger partial charge is 0.360 e. The molecule has 1 aliphatic carbocycles. The monoisotopic (exact) mass is 235 g/mol. The fourth-order valence-corrected chi connectivity index (χ4v) is 2.17. The molecule has 1 saturated heterocycles. The molecule has 1 saturated carbocycles. The summed E-state index contributed by atoms with van der Waals surface area (Å²) in [5.74, 6) is 1.79. The summed E-state index contributed by atoms with van der Waals surface area (Å²) in [4.78, 5) is 11.8. The lowest BCUT2D eigenvalue weighted by Gasteiger charge is -2.08. The molecule has 1 atom stereocenters. The number of nitrogens with zero attached hydrogens (tertiary/aromatic N) is 1. The van der Waals surface area contributed by atoms with Crippen LogP contribution in [0.3, 0.4) is 0 Å². The van der Waals surface area contributed by atoms with Crippen LogP contribution in [0.2, 0.25) is 0 Å². The quantitative estimate of drug-likeness (QED) is 0.813. The van der Waals surface area contributed by atoms with Crippen LogP contribution in [-0.2, 0) is 0 Å². The van der Waals surface area contributed by atoms with Crippen LogP contribution in [-0.4, -0.2) is 30.7 Å². The predicted octanol–water partition coefficient (Wildman–Crippen LogP) is 0.891. The van der Waals surface area contributed by atoms with E-state index < -0.39 is 0 Å². The van der Waals surface area contributed by atoms with Gasteiger partial charge < -0.3 is 15.2 Å². The van der Waals surface area contributed by atoms with E-state index in [2.05, 4.69) is 15.8 Å². The van der Waals surface area contributed by atoms with Gasteiger partial charge in [0.2, 0.25) is 0 Å². The van der Waals surface area contributed by atoms with Gasteiger partial charge in [0, 0.05) is 18.5 Å². The van der Waals surface area contributed by atoms with Crippen molar-refractivity contribution in [2.24, 2.45) is 5.92 Å². The van der Waals surface area contributed by atoms with Crippen molar-refractivity contribution >= 4 is 5.91 Å². The topological polar surface area (TPSA) is 67.2 Å². The minimum atomic E-state index is -0.118. The molecular weight excluding hydrogens is 218 g/mol. The number of carbonyl (C=O) groups excluding carboxylic acids is 1. The molecule has 1 aliphatic heterocycles. The first-order valence-corrected chi connectivity index (χ1v) is 6.28. The number of rotatable bonds is 4. The number of hydrogen-bond acceptors (Lipinski definition) is 4. The lowest BCUT2D eigenvalue weighted by molar-refractivity contribution is 0.0939. The standard InChI is InChI=1S/C12H17N3O2/c16-12(14-7-8-3-4-13-6-8)10-5-11(17-15-10)9-1-2-9/h5,8-9,13H,1-4,6-7H2,(H,14,16)/t8-/m1/s1. The first-order valence-electron chi connectivity index (χ1n) is 6.28. The second-order valence-corrected chi connectivity index (χ2v) is 4.96. The summed E-state index contributed by atoms with van der Waals surface area (Å²) in [6.45, 7) is 2.76. The van der Waals surface area contributed by atoms with Crippen molar-refractivity contribution in [1.29, 1.82) is 0 Å². The molecule has 5 heteroatoms. The van der Waals surface area contributed by atoms with E-state index in [0.29, 0.717) is 17.5 Å². The van der Waals surface area contributed by atoms with Crippen LogP contribution in [0.4, 0.5) is 0 Å². The summed E-state index contributed by atoms with van der Waals surface area (Å²) in [6, 6.07) is 1.78. The number of aromatic nitrogens is 1. The fraction of sp³-hybridized carbons (Fsp3) is 0.667. The van der Waals surface area contributed by atoms with Crippen molar-refractivity contribution in [1.82, 2.24) is 15.8 Å². The second kappa shape index (κ2) is 4.49. The van der Waals surface area contributed by atoms with Crippen LogP contribution in [0, 0.1) is 5.92 Å². The van der Waals surface area contributed by atoms with Crippen molar-refractivity contribution in [2.75, 3.05) is 19.6 Å². The number of amides is 1. The maximum absolute atomic E-state index is 11.8. The molecule has 0 aromatic carbocycles. The molecule has 0 spiro atoms. The Balaban J connectivity index is 1.53. The molecule has 0 radical (unpaired) electrons. The summed E-state index contributed by atoms with van der Waals surface area (Å²) in [5.41, 5.74) is 0.415. The zero-order valence-corrected chi connectivity index (χ0v) is 9.74. The Bertz CT molecular complexity index is 406. The molecule has 0 bridgehead atoms. The van der Waals surface area contributed by atoms with Crippen LogP contribution in [0.15, 0.2) is 10.6 Å². The normalized spacial score (nSPS) is 23.9. The highest BCUT2D eigenvalue weighted by Crippen LogP contribution is 2.40. The summed E-state index contributed by atoms with van der Waals surface area (Å²) < 4.78 is 5.16. The van der Waals surface area contributed by atoms with Gasteiger partial charge >= 0.3 is 0 Å². The maximum Gasteiger partial charge on any atom is 0.273 e. The van der Waals surface area contributed by atoms with Crippen molar-refractivity contribution < 1.29 is 9.32 Å². The Morgan fingerprint density at radius 3 is 3.12 bits per heavy atom. The van der Waals surface area contributed by atoms with Crippen LogP contribution in [0.1, 0.15) is 41.4 Å². The third-order valence-electron chi connectivity index (χ3n) is 3.45. The summed E-state index contributed by atoms with van der Waals surface area (Å²) in [7, 11) is 0. The molecule has 2 N–H and O–H groups in total. The zero-order chi connectivity index (χ0) is 11.7. The molecule has 1 aromatic rings. The minimum absolute atomic E-state index is 0.118. The Kier molecular flexibility index (Phi) is 2.84. The Hall–Kier alpha value is -1.36. The Morgan fingerprint density at radius 1 is 1.53 bits per heavy atom. The highest BCUT2D eigenvalue weighted by molar-refractivity contribution is 5.92. The van der Waals surface area contributed by atoms with Gasteiger partial charge in [-0.1, -0.05) is 5.16 Å². The van der Waals surface area contributed by atoms with Gasteiger partial charge in [0.15, 0.2) is 5.69 Å². The van der Waals surface area contributed by atoms with E-state index in [1.165, 1.54) is 0 Å². The molecule has 5 nitrogen and oxygen atoms in total. The molecule has 2 heterocycles. The van der Waals surface area contributed by atoms with Crippen LogP contribution in [0.5, 0.6) is 0 Å². The van der Waals surface area contributed by atoms with Crippen LogP contribution < -0.4 is 10.6 Å². The zero-order valence-electron chi connectivity index (χ0n) is 9.74. The van der Waals surface area contributed by atoms with E-state index in [0.717, 1.165) is 44.7 Å². The van der Waals surface area contributed by atoms with Crippen molar-refractivity contribution in [3.8, 4) is 0 Å². The molecule has 2 aliphatic rings. The minimum Gasteiger partial charge on any atom is -0.360 e. The van der Waals surface area contributed by atoms with Gasteiger partial charge in [0.05, 0.1) is 0 Å². The van der Waals surface area contributed by atoms with Gasteiger partial charge in [-0.25, -0.2) is 0 Å². The van der Waals surface area contributed by atoms with Crippen LogP contribution >= 0.6 is 0 Å². The molecule has 1 aromatic heterocycles. The lowest BCUT2D eigenvalue weighted by Crippen LogP contribution is -2.30. The van der Waals surface area contributed by atoms with Gasteiger partial charge in [0.1, 0.15) is 5.76 Å². The smallest absolute Gasteiger partial charge is 0.273 e. The van der Waals surface area contributed by atoms with E-state index in [4.69, 9.17) is 4.52 Å². The second-order valence-electron chi connectivity index (χ2n) is 4.96. The molecule has 3 rings (SSSR count). The summed E-state index contributed by atoms with van der Waals surface area (Å²) >= 11 is 0. The summed E-state index contributed by atoms with van der Waals surface area (Å²) in [5, 5.41) is 10.0. The fourth-order valence-electron chi connectivity index (χ4n) is 2.17. The summed E-state index contributed by atoms with van der Waals surface area (Å²) in [6.07, 6.45) is 3.44. The van der Waals surface area contributed by atoms with E-state index in [1.807, 2.05) is 0 Å². The maximum atomic E-state index is 11.8. The molecule has 17 heavy (non-hydrogen) atoms. The molecule has 0 unspecified atom stereocenters. The van der Waals surface area contributed by atoms with E-state index in [1.54, 1.807) is 6.07 Å². The van der Waals surface area contributed by atoms with Gasteiger partial charge in [0.25, 0.3) is 5.91 Å². The number of carbonyl (C=O) groups is 1. The van der Waals surface area contributed by atoms with E-state index in [9.17, 15) is 4.79 Å². The van der Waals surface area contributed by atoms with Gasteiger partial charge in [-0.15, -0.1) is 0 Å². The predicted molar refractivity (Wildman–Crippen MR) is 61.8 cm³/mol. The van der Waals surface area contributed by atoms with Crippen molar-refractivity contribution in [3.63, 3.8) is 0 Å². The average Bonchev–Trinajstić information content (AvgIpc) is 2.88. The molecular formula is C12H17N3O2. The highest BCUT2D eigenvalue weighted by Gasteiger charge is 2.29. The van der Waals surface area contributed by atoms with Crippen molar-refractivity contribution in [3.05, 3.63) is 17.5 Å². The van der Waals surface area contributed by atoms with E-state index in [-0.39, 0.29) is 5.91 Å². The van der Waals surface area contributed by atoms with Gasteiger partial charge in [-0.2, -0.15) is 0 Å². The highest BCUT2D eigenvalue weighted by atomic mass is 16.5. The third kappa shape index (κ3) is 2.49. The van der Waals surface area contributed by atoms with Gasteiger partial charge in [-0.05, 0) is 38.3 Å². The first kappa shape index (κ1) is 10.8. The molecule has 1 amide bonds. The average molecular weight is 235 g/mol. The number of hydrogen-bond donors (Lipinski definition) is 2. The molecule has 2 fully saturated rings. The number of nitrogens with one attached hydrogen (secondary N) is 2. The third-order valence-corrected chi connectivity index (χ3v) is 3.45. The van der Waals surface area contributed by atoms with E-state index >= 15 is 0 Å². The van der Waals surface area contributed by atoms with Crippen LogP contribution in [0.25, 0.3) is 0 Å². The van der Waals surface area contributed by atoms with Gasteiger partial charge in [-0.3, -0.25) is 4.79 Å². The molecule has 92 valence electrons. The Labute approximate surface area is 99.9 Å². The van der Waals surface area contributed by atoms with Crippen molar-refractivity contribution in [2.45, 2.75) is 25.2 Å². The first-order chi connectivity index (χ1) is 8.33.